The molecular weight excluding hydrogens is 194 g/mol. The average Bonchev–Trinajstić information content (AvgIpc) is 2.18. The van der Waals surface area contributed by atoms with Crippen LogP contribution in [0.4, 0.5) is 0 Å². The first kappa shape index (κ1) is 12.0. The van der Waals surface area contributed by atoms with Gasteiger partial charge in [0.15, 0.2) is 0 Å². The van der Waals surface area contributed by atoms with Crippen LogP contribution in [0, 0.1) is 0 Å². The highest BCUT2D eigenvalue weighted by molar-refractivity contribution is 5.90. The van der Waals surface area contributed by atoms with Gasteiger partial charge in [-0.15, -0.1) is 0 Å². The molecule has 0 aromatic heterocycles. The van der Waals surface area contributed by atoms with Gasteiger partial charge in [0.05, 0.1) is 18.3 Å². The summed E-state index contributed by atoms with van der Waals surface area (Å²) in [7, 11) is 0. The fourth-order valence-electron chi connectivity index (χ4n) is 1.73. The highest BCUT2D eigenvalue weighted by Crippen LogP contribution is 2.19. The fraction of sp³-hybridized carbons (Fsp3) is 0.727. The molecule has 0 bridgehead atoms. The molecule has 15 heavy (non-hydrogen) atoms. The van der Waals surface area contributed by atoms with Gasteiger partial charge in [-0.1, -0.05) is 0 Å². The van der Waals surface area contributed by atoms with Crippen molar-refractivity contribution >= 4 is 5.97 Å². The van der Waals surface area contributed by atoms with E-state index in [1.807, 2.05) is 13.8 Å². The number of ether oxygens (including phenoxy) is 2. The largest absolute Gasteiger partial charge is 0.463 e. The van der Waals surface area contributed by atoms with Crippen LogP contribution in [0.3, 0.4) is 0 Å². The van der Waals surface area contributed by atoms with Crippen molar-refractivity contribution in [3.63, 3.8) is 0 Å². The van der Waals surface area contributed by atoms with Gasteiger partial charge in [0.1, 0.15) is 0 Å². The van der Waals surface area contributed by atoms with E-state index in [9.17, 15) is 4.79 Å². The second-order valence-electron chi connectivity index (χ2n) is 3.42. The number of hydrogen-bond acceptors (Lipinski definition) is 4. The first-order valence-corrected chi connectivity index (χ1v) is 5.44. The highest BCUT2D eigenvalue weighted by atomic mass is 16.5. The first-order valence-electron chi connectivity index (χ1n) is 5.44. The van der Waals surface area contributed by atoms with E-state index >= 15 is 0 Å². The molecule has 1 atom stereocenters. The molecule has 0 saturated heterocycles. The summed E-state index contributed by atoms with van der Waals surface area (Å²) in [4.78, 5) is 11.7. The third-order valence-electron chi connectivity index (χ3n) is 2.39. The lowest BCUT2D eigenvalue weighted by molar-refractivity contribution is -0.140. The summed E-state index contributed by atoms with van der Waals surface area (Å²) >= 11 is 0. The summed E-state index contributed by atoms with van der Waals surface area (Å²) in [5, 5.41) is 3.16. The standard InChI is InChI=1S/C11H19NO3/c1-4-14-9-6-7-12-8(3)10(9)11(13)15-5-2/h9,12H,4-7H2,1-3H3. The topological polar surface area (TPSA) is 47.6 Å². The summed E-state index contributed by atoms with van der Waals surface area (Å²) in [5.41, 5.74) is 1.52. The van der Waals surface area contributed by atoms with E-state index in [-0.39, 0.29) is 12.1 Å². The zero-order chi connectivity index (χ0) is 11.3. The normalized spacial score (nSPS) is 21.1. The van der Waals surface area contributed by atoms with Gasteiger partial charge in [-0.2, -0.15) is 0 Å². The van der Waals surface area contributed by atoms with Gasteiger partial charge in [-0.3, -0.25) is 0 Å². The molecule has 0 saturated carbocycles. The summed E-state index contributed by atoms with van der Waals surface area (Å²) in [6.45, 7) is 7.48. The van der Waals surface area contributed by atoms with Crippen molar-refractivity contribution in [1.82, 2.24) is 5.32 Å². The van der Waals surface area contributed by atoms with Gasteiger partial charge in [0, 0.05) is 18.8 Å². The third-order valence-corrected chi connectivity index (χ3v) is 2.39. The van der Waals surface area contributed by atoms with E-state index < -0.39 is 0 Å². The number of carbonyl (C=O) groups is 1. The predicted molar refractivity (Wildman–Crippen MR) is 57.4 cm³/mol. The van der Waals surface area contributed by atoms with E-state index in [0.717, 1.165) is 18.7 Å². The zero-order valence-corrected chi connectivity index (χ0v) is 9.63. The van der Waals surface area contributed by atoms with Crippen molar-refractivity contribution in [2.45, 2.75) is 33.3 Å². The molecule has 0 aromatic carbocycles. The Labute approximate surface area is 90.6 Å². The highest BCUT2D eigenvalue weighted by Gasteiger charge is 2.27. The maximum absolute atomic E-state index is 11.7. The molecule has 1 heterocycles. The van der Waals surface area contributed by atoms with Crippen LogP contribution in [0.15, 0.2) is 11.3 Å². The Hall–Kier alpha value is -1.03. The van der Waals surface area contributed by atoms with Crippen LogP contribution in [0.25, 0.3) is 0 Å². The number of esters is 1. The molecule has 4 heteroatoms. The number of rotatable bonds is 4. The lowest BCUT2D eigenvalue weighted by Crippen LogP contribution is -2.35. The van der Waals surface area contributed by atoms with Crippen LogP contribution in [0.2, 0.25) is 0 Å². The Balaban J connectivity index is 2.80. The molecule has 1 rings (SSSR count). The number of hydrogen-bond donors (Lipinski definition) is 1. The van der Waals surface area contributed by atoms with Crippen LogP contribution in [-0.2, 0) is 14.3 Å². The minimum absolute atomic E-state index is 0.115. The summed E-state index contributed by atoms with van der Waals surface area (Å²) in [6.07, 6.45) is 0.703. The molecule has 0 amide bonds. The Kier molecular flexibility index (Phi) is 4.62. The molecule has 86 valence electrons. The van der Waals surface area contributed by atoms with Gasteiger partial charge >= 0.3 is 5.97 Å². The fourth-order valence-corrected chi connectivity index (χ4v) is 1.73. The van der Waals surface area contributed by atoms with Gasteiger partial charge in [-0.25, -0.2) is 4.79 Å². The van der Waals surface area contributed by atoms with Crippen molar-refractivity contribution in [2.24, 2.45) is 0 Å². The van der Waals surface area contributed by atoms with Gasteiger partial charge in [0.2, 0.25) is 0 Å². The molecule has 4 nitrogen and oxygen atoms in total. The van der Waals surface area contributed by atoms with Crippen LogP contribution in [0.5, 0.6) is 0 Å². The average molecular weight is 213 g/mol. The van der Waals surface area contributed by atoms with Crippen molar-refractivity contribution in [1.29, 1.82) is 0 Å². The SMILES string of the molecule is CCOC(=O)C1=C(C)NCCC1OCC. The van der Waals surface area contributed by atoms with Gasteiger partial charge in [0.25, 0.3) is 0 Å². The van der Waals surface area contributed by atoms with E-state index in [1.54, 1.807) is 6.92 Å². The molecule has 0 fully saturated rings. The molecule has 0 radical (unpaired) electrons. The monoisotopic (exact) mass is 213 g/mol. The quantitative estimate of drug-likeness (QED) is 0.713. The number of allylic oxidation sites excluding steroid dienone is 1. The zero-order valence-electron chi connectivity index (χ0n) is 9.63. The maximum Gasteiger partial charge on any atom is 0.338 e. The lowest BCUT2D eigenvalue weighted by Gasteiger charge is -2.26. The molecule has 0 aliphatic carbocycles. The van der Waals surface area contributed by atoms with Crippen molar-refractivity contribution in [2.75, 3.05) is 19.8 Å². The number of carbonyl (C=O) groups excluding carboxylic acids is 1. The molecular formula is C11H19NO3. The number of nitrogens with one attached hydrogen (secondary N) is 1. The second-order valence-corrected chi connectivity index (χ2v) is 3.42. The Morgan fingerprint density at radius 2 is 2.20 bits per heavy atom. The minimum Gasteiger partial charge on any atom is -0.463 e. The van der Waals surface area contributed by atoms with Crippen LogP contribution < -0.4 is 5.32 Å². The summed E-state index contributed by atoms with van der Waals surface area (Å²) < 4.78 is 10.5. The molecule has 0 spiro atoms. The van der Waals surface area contributed by atoms with Gasteiger partial charge in [-0.05, 0) is 27.2 Å². The van der Waals surface area contributed by atoms with Crippen molar-refractivity contribution in [3.05, 3.63) is 11.3 Å². The smallest absolute Gasteiger partial charge is 0.338 e. The lowest BCUT2D eigenvalue weighted by atomic mass is 10.0. The van der Waals surface area contributed by atoms with Crippen molar-refractivity contribution in [3.8, 4) is 0 Å². The first-order chi connectivity index (χ1) is 7.20. The molecule has 1 N–H and O–H groups in total. The Morgan fingerprint density at radius 1 is 1.47 bits per heavy atom. The Bertz CT molecular complexity index is 261. The second kappa shape index (κ2) is 5.75. The molecule has 0 aromatic rings. The predicted octanol–water partition coefficient (Wildman–Crippen LogP) is 1.22. The van der Waals surface area contributed by atoms with Crippen LogP contribution in [0.1, 0.15) is 27.2 Å². The third kappa shape index (κ3) is 2.96. The Morgan fingerprint density at radius 3 is 2.80 bits per heavy atom. The van der Waals surface area contributed by atoms with Crippen LogP contribution >= 0.6 is 0 Å². The molecule has 1 aliphatic rings. The van der Waals surface area contributed by atoms with E-state index in [2.05, 4.69) is 5.32 Å². The van der Waals surface area contributed by atoms with Crippen molar-refractivity contribution < 1.29 is 14.3 Å². The minimum atomic E-state index is -0.263. The van der Waals surface area contributed by atoms with Gasteiger partial charge < -0.3 is 14.8 Å². The van der Waals surface area contributed by atoms with E-state index in [0.29, 0.717) is 18.8 Å². The summed E-state index contributed by atoms with van der Waals surface area (Å²) in [6, 6.07) is 0. The molecule has 1 unspecified atom stereocenters. The molecule has 1 aliphatic heterocycles. The van der Waals surface area contributed by atoms with Crippen LogP contribution in [-0.4, -0.2) is 31.8 Å². The summed E-state index contributed by atoms with van der Waals surface area (Å²) in [5.74, 6) is -0.263. The van der Waals surface area contributed by atoms with E-state index in [1.165, 1.54) is 0 Å². The van der Waals surface area contributed by atoms with E-state index in [4.69, 9.17) is 9.47 Å². The maximum atomic E-state index is 11.7.